The topological polar surface area (TPSA) is 41.6 Å². The predicted octanol–water partition coefficient (Wildman–Crippen LogP) is 2.14. The minimum atomic E-state index is 0.0885. The summed E-state index contributed by atoms with van der Waals surface area (Å²) in [6.45, 7) is 7.87. The lowest BCUT2D eigenvalue weighted by molar-refractivity contribution is -0.126. The van der Waals surface area contributed by atoms with Gasteiger partial charge < -0.3 is 10.1 Å². The molecule has 122 valence electrons. The Kier molecular flexibility index (Phi) is 6.38. The van der Waals surface area contributed by atoms with Crippen molar-refractivity contribution in [2.75, 3.05) is 38.3 Å². The number of morpholine rings is 1. The Labute approximate surface area is 133 Å². The number of nitrogens with one attached hydrogen (secondary N) is 1. The van der Waals surface area contributed by atoms with Crippen LogP contribution in [0.15, 0.2) is 0 Å². The van der Waals surface area contributed by atoms with E-state index in [4.69, 9.17) is 4.74 Å². The Bertz CT molecular complexity index is 339. The van der Waals surface area contributed by atoms with E-state index in [1.165, 1.54) is 25.7 Å². The fourth-order valence-corrected chi connectivity index (χ4v) is 4.49. The lowest BCUT2D eigenvalue weighted by atomic mass is 9.86. The van der Waals surface area contributed by atoms with E-state index < -0.39 is 0 Å². The van der Waals surface area contributed by atoms with Crippen LogP contribution in [0.3, 0.4) is 0 Å². The summed E-state index contributed by atoms with van der Waals surface area (Å²) >= 11 is 1.74. The molecule has 0 aromatic heterocycles. The van der Waals surface area contributed by atoms with Crippen LogP contribution in [0.2, 0.25) is 0 Å². The number of hydrogen-bond donors (Lipinski definition) is 1. The zero-order chi connectivity index (χ0) is 15.3. The molecule has 2 atom stereocenters. The van der Waals surface area contributed by atoms with Gasteiger partial charge in [-0.3, -0.25) is 9.69 Å². The average Bonchev–Trinajstić information content (AvgIpc) is 2.99. The SMILES string of the molecule is CSC[C@@H](C)C(=O)N[C@H](C)C1(N2CCOCC2)CCCC1. The number of rotatable bonds is 6. The maximum Gasteiger partial charge on any atom is 0.223 e. The summed E-state index contributed by atoms with van der Waals surface area (Å²) < 4.78 is 5.50. The first-order chi connectivity index (χ1) is 10.1. The number of thioether (sulfide) groups is 1. The lowest BCUT2D eigenvalue weighted by Gasteiger charge is -2.47. The van der Waals surface area contributed by atoms with Crippen molar-refractivity contribution >= 4 is 17.7 Å². The summed E-state index contributed by atoms with van der Waals surface area (Å²) in [6, 6.07) is 0.218. The zero-order valence-corrected chi connectivity index (χ0v) is 14.5. The quantitative estimate of drug-likeness (QED) is 0.815. The van der Waals surface area contributed by atoms with Crippen LogP contribution in [0.25, 0.3) is 0 Å². The van der Waals surface area contributed by atoms with Gasteiger partial charge in [-0.1, -0.05) is 19.8 Å². The molecule has 0 bridgehead atoms. The van der Waals surface area contributed by atoms with Gasteiger partial charge in [0.25, 0.3) is 0 Å². The van der Waals surface area contributed by atoms with Crippen LogP contribution in [0, 0.1) is 5.92 Å². The monoisotopic (exact) mass is 314 g/mol. The molecule has 21 heavy (non-hydrogen) atoms. The summed E-state index contributed by atoms with van der Waals surface area (Å²) in [6.07, 6.45) is 7.01. The number of nitrogens with zero attached hydrogens (tertiary/aromatic N) is 1. The fraction of sp³-hybridized carbons (Fsp3) is 0.938. The van der Waals surface area contributed by atoms with Gasteiger partial charge in [0.2, 0.25) is 5.91 Å². The largest absolute Gasteiger partial charge is 0.379 e. The first-order valence-corrected chi connectivity index (χ1v) is 9.61. The molecule has 1 saturated heterocycles. The molecule has 0 unspecified atom stereocenters. The zero-order valence-electron chi connectivity index (χ0n) is 13.7. The molecule has 0 aromatic carbocycles. The molecule has 2 rings (SSSR count). The normalized spacial score (nSPS) is 25.5. The van der Waals surface area contributed by atoms with Crippen LogP contribution in [-0.4, -0.2) is 60.7 Å². The molecule has 5 heteroatoms. The lowest BCUT2D eigenvalue weighted by Crippen LogP contribution is -2.62. The van der Waals surface area contributed by atoms with E-state index >= 15 is 0 Å². The maximum absolute atomic E-state index is 12.4. The van der Waals surface area contributed by atoms with Crippen molar-refractivity contribution in [1.29, 1.82) is 0 Å². The first-order valence-electron chi connectivity index (χ1n) is 8.22. The highest BCUT2D eigenvalue weighted by Gasteiger charge is 2.45. The third-order valence-corrected chi connectivity index (χ3v) is 5.97. The van der Waals surface area contributed by atoms with Crippen molar-refractivity contribution in [3.8, 4) is 0 Å². The van der Waals surface area contributed by atoms with Crippen LogP contribution >= 0.6 is 11.8 Å². The Morgan fingerprint density at radius 2 is 1.90 bits per heavy atom. The van der Waals surface area contributed by atoms with E-state index in [1.807, 2.05) is 6.92 Å². The molecule has 1 aliphatic carbocycles. The Balaban J connectivity index is 2.01. The molecule has 0 spiro atoms. The van der Waals surface area contributed by atoms with Crippen molar-refractivity contribution in [1.82, 2.24) is 10.2 Å². The van der Waals surface area contributed by atoms with Crippen LogP contribution in [0.4, 0.5) is 0 Å². The van der Waals surface area contributed by atoms with E-state index in [2.05, 4.69) is 23.4 Å². The van der Waals surface area contributed by atoms with Gasteiger partial charge in [0.1, 0.15) is 0 Å². The van der Waals surface area contributed by atoms with Crippen molar-refractivity contribution in [3.63, 3.8) is 0 Å². The number of hydrogen-bond acceptors (Lipinski definition) is 4. The number of amides is 1. The minimum absolute atomic E-state index is 0.0885. The van der Waals surface area contributed by atoms with Crippen molar-refractivity contribution in [3.05, 3.63) is 0 Å². The van der Waals surface area contributed by atoms with Crippen LogP contribution in [0.5, 0.6) is 0 Å². The molecule has 1 saturated carbocycles. The van der Waals surface area contributed by atoms with Gasteiger partial charge in [0.05, 0.1) is 13.2 Å². The smallest absolute Gasteiger partial charge is 0.223 e. The van der Waals surface area contributed by atoms with E-state index in [9.17, 15) is 4.79 Å². The summed E-state index contributed by atoms with van der Waals surface area (Å²) in [4.78, 5) is 14.9. The van der Waals surface area contributed by atoms with Crippen molar-refractivity contribution < 1.29 is 9.53 Å². The molecule has 1 aliphatic heterocycles. The second-order valence-corrected chi connectivity index (χ2v) is 7.41. The molecule has 4 nitrogen and oxygen atoms in total. The average molecular weight is 314 g/mol. The maximum atomic E-state index is 12.4. The summed E-state index contributed by atoms with van der Waals surface area (Å²) in [7, 11) is 0. The highest BCUT2D eigenvalue weighted by Crippen LogP contribution is 2.38. The Morgan fingerprint density at radius 1 is 1.29 bits per heavy atom. The molecule has 2 aliphatic rings. The van der Waals surface area contributed by atoms with Gasteiger partial charge in [-0.25, -0.2) is 0 Å². The molecule has 0 radical (unpaired) electrons. The molecule has 2 fully saturated rings. The molecule has 1 N–H and O–H groups in total. The van der Waals surface area contributed by atoms with Crippen LogP contribution in [0.1, 0.15) is 39.5 Å². The number of carbonyl (C=O) groups is 1. The summed E-state index contributed by atoms with van der Waals surface area (Å²) in [5.74, 6) is 1.19. The highest BCUT2D eigenvalue weighted by atomic mass is 32.2. The molecule has 1 amide bonds. The van der Waals surface area contributed by atoms with Crippen LogP contribution in [-0.2, 0) is 9.53 Å². The number of ether oxygens (including phenoxy) is 1. The van der Waals surface area contributed by atoms with Gasteiger partial charge >= 0.3 is 0 Å². The van der Waals surface area contributed by atoms with E-state index in [0.29, 0.717) is 0 Å². The van der Waals surface area contributed by atoms with Gasteiger partial charge in [0, 0.05) is 36.3 Å². The van der Waals surface area contributed by atoms with E-state index in [0.717, 1.165) is 32.1 Å². The van der Waals surface area contributed by atoms with Gasteiger partial charge in [-0.05, 0) is 26.0 Å². The third kappa shape index (κ3) is 3.93. The van der Waals surface area contributed by atoms with Gasteiger partial charge in [-0.2, -0.15) is 11.8 Å². The van der Waals surface area contributed by atoms with E-state index in [-0.39, 0.29) is 23.4 Å². The minimum Gasteiger partial charge on any atom is -0.379 e. The fourth-order valence-electron chi connectivity index (χ4n) is 3.83. The van der Waals surface area contributed by atoms with Crippen molar-refractivity contribution in [2.24, 2.45) is 5.92 Å². The first kappa shape index (κ1) is 17.1. The highest BCUT2D eigenvalue weighted by molar-refractivity contribution is 7.98. The summed E-state index contributed by atoms with van der Waals surface area (Å²) in [5, 5.41) is 3.31. The third-order valence-electron chi connectivity index (χ3n) is 5.14. The second kappa shape index (κ2) is 7.84. The number of carbonyl (C=O) groups excluding carboxylic acids is 1. The molecule has 0 aromatic rings. The standard InChI is InChI=1S/C16H30N2O2S/c1-13(12-21-3)15(19)17-14(2)16(6-4-5-7-16)18-8-10-20-11-9-18/h13-14H,4-12H2,1-3H3,(H,17,19)/t13-,14-/m1/s1. The van der Waals surface area contributed by atoms with Crippen LogP contribution < -0.4 is 5.32 Å². The molecular formula is C16H30N2O2S. The van der Waals surface area contributed by atoms with E-state index in [1.54, 1.807) is 11.8 Å². The molecule has 1 heterocycles. The van der Waals surface area contributed by atoms with Gasteiger partial charge in [-0.15, -0.1) is 0 Å². The van der Waals surface area contributed by atoms with Crippen molar-refractivity contribution in [2.45, 2.75) is 51.1 Å². The predicted molar refractivity (Wildman–Crippen MR) is 88.7 cm³/mol. The van der Waals surface area contributed by atoms with Gasteiger partial charge in [0.15, 0.2) is 0 Å². The summed E-state index contributed by atoms with van der Waals surface area (Å²) in [5.41, 5.74) is 0.151. The second-order valence-electron chi connectivity index (χ2n) is 6.50. The Morgan fingerprint density at radius 3 is 2.48 bits per heavy atom. The Hall–Kier alpha value is -0.260. The molecular weight excluding hydrogens is 284 g/mol.